The summed E-state index contributed by atoms with van der Waals surface area (Å²) in [5, 5.41) is 20.6. The van der Waals surface area contributed by atoms with Crippen LogP contribution >= 0.6 is 0 Å². The van der Waals surface area contributed by atoms with E-state index in [1.165, 1.54) is 6.92 Å². The van der Waals surface area contributed by atoms with E-state index in [0.29, 0.717) is 12.7 Å². The average Bonchev–Trinajstić information content (AvgIpc) is 2.70. The van der Waals surface area contributed by atoms with Crippen LogP contribution in [-0.2, 0) is 16.0 Å². The molecule has 2 aromatic carbocycles. The molecular weight excluding hydrogens is 363 g/mol. The Morgan fingerprint density at radius 2 is 1.68 bits per heavy atom. The number of hydrogen-bond donors (Lipinski definition) is 4. The number of aliphatic hydroxyl groups excluding tert-OH is 1. The van der Waals surface area contributed by atoms with E-state index in [4.69, 9.17) is 10.2 Å². The lowest BCUT2D eigenvalue weighted by Gasteiger charge is -2.21. The number of aliphatic hydroxyl groups is 1. The number of carbonyl (C=O) groups is 2. The zero-order valence-corrected chi connectivity index (χ0v) is 15.4. The Morgan fingerprint density at radius 3 is 2.21 bits per heavy atom. The molecule has 0 saturated carbocycles. The summed E-state index contributed by atoms with van der Waals surface area (Å²) >= 11 is 0. The van der Waals surface area contributed by atoms with E-state index in [9.17, 15) is 14.1 Å². The van der Waals surface area contributed by atoms with Crippen molar-refractivity contribution < 1.29 is 24.3 Å². The van der Waals surface area contributed by atoms with Crippen molar-refractivity contribution >= 4 is 11.9 Å². The first-order valence-corrected chi connectivity index (χ1v) is 8.83. The molecule has 0 heterocycles. The third-order valence-corrected chi connectivity index (χ3v) is 4.41. The van der Waals surface area contributed by atoms with Crippen LogP contribution in [0.5, 0.6) is 0 Å². The Morgan fingerprint density at radius 1 is 1.07 bits per heavy atom. The van der Waals surface area contributed by atoms with Gasteiger partial charge >= 0.3 is 5.97 Å². The third kappa shape index (κ3) is 5.84. The van der Waals surface area contributed by atoms with Gasteiger partial charge in [0.05, 0.1) is 5.92 Å². The molecule has 2 atom stereocenters. The zero-order chi connectivity index (χ0) is 20.5. The summed E-state index contributed by atoms with van der Waals surface area (Å²) in [6, 6.07) is 17.0. The maximum atomic E-state index is 12.5. The topological polar surface area (TPSA) is 98.7 Å². The molecule has 0 unspecified atom stereocenters. The second-order valence-electron chi connectivity index (χ2n) is 6.55. The first-order valence-electron chi connectivity index (χ1n) is 8.83. The Hall–Kier alpha value is -3.35. The maximum Gasteiger partial charge on any atom is 0.306 e. The number of nitrogens with one attached hydrogen (secondary N) is 2. The van der Waals surface area contributed by atoms with E-state index < -0.39 is 29.5 Å². The molecule has 1 amide bonds. The normalized spacial score (nSPS) is 13.4. The van der Waals surface area contributed by atoms with Gasteiger partial charge in [-0.05, 0) is 29.5 Å². The van der Waals surface area contributed by atoms with Gasteiger partial charge in [0, 0.05) is 6.04 Å². The average molecular weight is 386 g/mol. The molecule has 4 N–H and O–H groups in total. The van der Waals surface area contributed by atoms with Gasteiger partial charge in [0.25, 0.3) is 5.91 Å². The highest BCUT2D eigenvalue weighted by atomic mass is 19.2. The largest absolute Gasteiger partial charge is 0.513 e. The predicted molar refractivity (Wildman–Crippen MR) is 104 cm³/mol. The Labute approximate surface area is 162 Å². The van der Waals surface area contributed by atoms with Crippen molar-refractivity contribution in [1.29, 1.82) is 0 Å². The minimum absolute atomic E-state index is 0.159. The molecule has 2 rings (SSSR count). The van der Waals surface area contributed by atoms with Crippen molar-refractivity contribution in [2.45, 2.75) is 25.8 Å². The number of benzene rings is 2. The molecule has 0 spiro atoms. The van der Waals surface area contributed by atoms with Crippen LogP contribution in [0.4, 0.5) is 4.48 Å². The van der Waals surface area contributed by atoms with Gasteiger partial charge in [0.1, 0.15) is 6.26 Å². The summed E-state index contributed by atoms with van der Waals surface area (Å²) in [5.74, 6) is -2.54. The van der Waals surface area contributed by atoms with Crippen LogP contribution < -0.4 is 10.9 Å². The van der Waals surface area contributed by atoms with Crippen LogP contribution in [0.3, 0.4) is 0 Å². The number of carboxylic acids is 1. The Balaban J connectivity index is 2.14. The predicted octanol–water partition coefficient (Wildman–Crippen LogP) is 3.37. The van der Waals surface area contributed by atoms with Crippen molar-refractivity contribution in [1.82, 2.24) is 10.9 Å². The van der Waals surface area contributed by atoms with E-state index in [0.717, 1.165) is 22.2 Å². The third-order valence-electron chi connectivity index (χ3n) is 4.41. The molecule has 0 saturated heterocycles. The summed E-state index contributed by atoms with van der Waals surface area (Å²) in [4.78, 5) is 23.2. The zero-order valence-electron chi connectivity index (χ0n) is 15.4. The molecule has 0 bridgehead atoms. The molecule has 148 valence electrons. The first-order chi connectivity index (χ1) is 13.4. The van der Waals surface area contributed by atoms with Gasteiger partial charge in [-0.3, -0.25) is 9.59 Å². The quantitative estimate of drug-likeness (QED) is 0.301. The minimum Gasteiger partial charge on any atom is -0.513 e. The maximum absolute atomic E-state index is 12.5. The lowest BCUT2D eigenvalue weighted by Crippen LogP contribution is -2.40. The van der Waals surface area contributed by atoms with Crippen LogP contribution in [0.2, 0.25) is 0 Å². The fraction of sp³-hybridized carbons (Fsp3) is 0.238. The second kappa shape index (κ2) is 10.1. The molecule has 0 fully saturated rings. The minimum atomic E-state index is -0.986. The number of carbonyl (C=O) groups excluding carboxylic acids is 1. The summed E-state index contributed by atoms with van der Waals surface area (Å²) in [6.45, 7) is 1.54. The molecule has 0 radical (unpaired) electrons. The van der Waals surface area contributed by atoms with Gasteiger partial charge in [-0.2, -0.15) is 0 Å². The van der Waals surface area contributed by atoms with Crippen molar-refractivity contribution in [3.63, 3.8) is 0 Å². The van der Waals surface area contributed by atoms with Crippen LogP contribution in [-0.4, -0.2) is 28.1 Å². The van der Waals surface area contributed by atoms with Crippen molar-refractivity contribution in [2.75, 3.05) is 0 Å². The summed E-state index contributed by atoms with van der Waals surface area (Å²) in [6.07, 6.45) is 0.845. The summed E-state index contributed by atoms with van der Waals surface area (Å²) < 4.78 is 12.5. The molecule has 6 nitrogen and oxygen atoms in total. The van der Waals surface area contributed by atoms with Crippen LogP contribution in [0.25, 0.3) is 11.1 Å². The van der Waals surface area contributed by atoms with E-state index in [1.54, 1.807) is 0 Å². The first kappa shape index (κ1) is 21.0. The number of hydrogen-bond acceptors (Lipinski definition) is 4. The highest BCUT2D eigenvalue weighted by Crippen LogP contribution is 2.20. The van der Waals surface area contributed by atoms with Crippen LogP contribution in [0, 0.1) is 5.92 Å². The second-order valence-corrected chi connectivity index (χ2v) is 6.55. The van der Waals surface area contributed by atoms with Crippen LogP contribution in [0.15, 0.2) is 66.6 Å². The van der Waals surface area contributed by atoms with Gasteiger partial charge in [-0.25, -0.2) is 5.54 Å². The van der Waals surface area contributed by atoms with E-state index >= 15 is 0 Å². The lowest BCUT2D eigenvalue weighted by molar-refractivity contribution is -0.141. The van der Waals surface area contributed by atoms with E-state index in [1.807, 2.05) is 54.6 Å². The summed E-state index contributed by atoms with van der Waals surface area (Å²) in [5.41, 5.74) is 3.47. The van der Waals surface area contributed by atoms with Crippen molar-refractivity contribution in [3.8, 4) is 11.1 Å². The summed E-state index contributed by atoms with van der Waals surface area (Å²) in [7, 11) is 0. The number of halogens is 1. The number of amides is 1. The molecule has 0 aliphatic rings. The molecule has 0 aliphatic heterocycles. The van der Waals surface area contributed by atoms with Crippen molar-refractivity contribution in [2.24, 2.45) is 5.92 Å². The lowest BCUT2D eigenvalue weighted by atomic mass is 9.95. The fourth-order valence-electron chi connectivity index (χ4n) is 2.86. The van der Waals surface area contributed by atoms with Gasteiger partial charge in [-0.15, -0.1) is 4.48 Å². The molecule has 0 aromatic heterocycles. The molecule has 0 aliphatic carbocycles. The number of carboxylic acid groups (broad SMARTS) is 1. The number of aliphatic carboxylic acids is 1. The van der Waals surface area contributed by atoms with Gasteiger partial charge in [0.2, 0.25) is 0 Å². The van der Waals surface area contributed by atoms with Crippen LogP contribution in [0.1, 0.15) is 18.9 Å². The molecular formula is C21H23FN2O4. The standard InChI is InChI=1S/C21H23FN2O4/c1-14(21(27)28)11-18(23-20(26)19(13-25)24-22)12-15-7-9-17(10-8-15)16-5-3-2-4-6-16/h2-10,13-14,18,24-25H,11-12H2,1H3,(H,23,26)(H,27,28)/b19-13-/t14-,18+/m1/s1. The highest BCUT2D eigenvalue weighted by Gasteiger charge is 2.22. The SMILES string of the molecule is C[C@H](C[C@@H](Cc1ccc(-c2ccccc2)cc1)NC(=O)/C(=C/O)NF)C(=O)O. The van der Waals surface area contributed by atoms with E-state index in [2.05, 4.69) is 5.32 Å². The van der Waals surface area contributed by atoms with Crippen molar-refractivity contribution in [3.05, 3.63) is 72.1 Å². The van der Waals surface area contributed by atoms with Gasteiger partial charge in [-0.1, -0.05) is 61.5 Å². The number of rotatable bonds is 9. The monoisotopic (exact) mass is 386 g/mol. The van der Waals surface area contributed by atoms with Gasteiger partial charge < -0.3 is 15.5 Å². The smallest absolute Gasteiger partial charge is 0.306 e. The Kier molecular flexibility index (Phi) is 7.56. The molecule has 28 heavy (non-hydrogen) atoms. The van der Waals surface area contributed by atoms with E-state index in [-0.39, 0.29) is 6.42 Å². The highest BCUT2D eigenvalue weighted by molar-refractivity contribution is 5.92. The van der Waals surface area contributed by atoms with Gasteiger partial charge in [0.15, 0.2) is 5.70 Å². The Bertz CT molecular complexity index is 822. The molecule has 7 heteroatoms. The fourth-order valence-corrected chi connectivity index (χ4v) is 2.86. The molecule has 2 aromatic rings.